The Morgan fingerprint density at radius 2 is 2.00 bits per heavy atom. The Kier molecular flexibility index (Phi) is 4.52. The van der Waals surface area contributed by atoms with Crippen molar-refractivity contribution in [2.24, 2.45) is 0 Å². The molecule has 22 heavy (non-hydrogen) atoms. The first-order chi connectivity index (χ1) is 10.6. The van der Waals surface area contributed by atoms with Crippen LogP contribution in [-0.2, 0) is 5.54 Å². The van der Waals surface area contributed by atoms with Crippen LogP contribution >= 0.6 is 11.8 Å². The zero-order chi connectivity index (χ0) is 15.6. The Hall–Kier alpha value is -1.37. The van der Waals surface area contributed by atoms with E-state index in [-0.39, 0.29) is 5.54 Å². The molecule has 2 aromatic heterocycles. The highest BCUT2D eigenvalue weighted by Crippen LogP contribution is 2.31. The average Bonchev–Trinajstić information content (AvgIpc) is 3.06. The third kappa shape index (κ3) is 3.04. The number of rotatable bonds is 4. The van der Waals surface area contributed by atoms with Crippen molar-refractivity contribution in [1.29, 1.82) is 0 Å². The monoisotopic (exact) mass is 318 g/mol. The summed E-state index contributed by atoms with van der Waals surface area (Å²) in [6.45, 7) is 8.38. The van der Waals surface area contributed by atoms with Crippen LogP contribution in [0.1, 0.15) is 19.7 Å². The second-order valence-electron chi connectivity index (χ2n) is 5.94. The van der Waals surface area contributed by atoms with Gasteiger partial charge in [0, 0.05) is 49.0 Å². The molecule has 3 rings (SSSR count). The summed E-state index contributed by atoms with van der Waals surface area (Å²) in [5.74, 6) is 1.54. The van der Waals surface area contributed by atoms with E-state index in [4.69, 9.17) is 4.42 Å². The van der Waals surface area contributed by atoms with E-state index in [1.54, 1.807) is 18.0 Å². The van der Waals surface area contributed by atoms with E-state index < -0.39 is 0 Å². The quantitative estimate of drug-likeness (QED) is 0.875. The van der Waals surface area contributed by atoms with Crippen LogP contribution in [0.3, 0.4) is 0 Å². The molecule has 1 N–H and O–H groups in total. The van der Waals surface area contributed by atoms with Crippen LogP contribution in [-0.4, -0.2) is 47.3 Å². The van der Waals surface area contributed by atoms with Gasteiger partial charge in [0.25, 0.3) is 0 Å². The molecule has 5 nitrogen and oxygen atoms in total. The van der Waals surface area contributed by atoms with Crippen molar-refractivity contribution in [1.82, 2.24) is 20.2 Å². The second-order valence-corrected chi connectivity index (χ2v) is 6.82. The second kappa shape index (κ2) is 6.40. The lowest BCUT2D eigenvalue weighted by Gasteiger charge is -2.38. The first-order valence-corrected chi connectivity index (χ1v) is 8.75. The molecular formula is C16H22N4OS. The van der Waals surface area contributed by atoms with E-state index in [0.717, 1.165) is 48.3 Å². The lowest BCUT2D eigenvalue weighted by Crippen LogP contribution is -2.51. The number of pyridine rings is 1. The molecule has 1 saturated heterocycles. The summed E-state index contributed by atoms with van der Waals surface area (Å²) in [5.41, 5.74) is 0.770. The number of piperazine rings is 1. The molecule has 0 saturated carbocycles. The van der Waals surface area contributed by atoms with E-state index in [1.807, 2.05) is 18.6 Å². The first kappa shape index (κ1) is 15.5. The Morgan fingerprint density at radius 3 is 2.73 bits per heavy atom. The van der Waals surface area contributed by atoms with Gasteiger partial charge < -0.3 is 9.73 Å². The van der Waals surface area contributed by atoms with Crippen LogP contribution in [0.2, 0.25) is 0 Å². The summed E-state index contributed by atoms with van der Waals surface area (Å²) in [6.07, 6.45) is 7.53. The Bertz CT molecular complexity index is 635. The van der Waals surface area contributed by atoms with E-state index in [2.05, 4.69) is 40.1 Å². The molecule has 3 heterocycles. The molecule has 2 aromatic rings. The SMILES string of the molecule is CSc1cncc(-c2cnc(C(C)(C)N3CCNCC3)o2)c1. The number of oxazole rings is 1. The topological polar surface area (TPSA) is 54.2 Å². The molecule has 0 aromatic carbocycles. The van der Waals surface area contributed by atoms with E-state index in [1.165, 1.54) is 0 Å². The molecule has 0 aliphatic carbocycles. The standard InChI is InChI=1S/C16H22N4OS/c1-16(2,20-6-4-17-5-7-20)15-19-11-14(21-15)12-8-13(22-3)10-18-9-12/h8-11,17H,4-7H2,1-3H3. The zero-order valence-electron chi connectivity index (χ0n) is 13.3. The van der Waals surface area contributed by atoms with Crippen LogP contribution in [0.25, 0.3) is 11.3 Å². The molecular weight excluding hydrogens is 296 g/mol. The lowest BCUT2D eigenvalue weighted by atomic mass is 10.0. The van der Waals surface area contributed by atoms with Crippen molar-refractivity contribution in [2.75, 3.05) is 32.4 Å². The zero-order valence-corrected chi connectivity index (χ0v) is 14.1. The first-order valence-electron chi connectivity index (χ1n) is 7.53. The highest BCUT2D eigenvalue weighted by molar-refractivity contribution is 7.98. The van der Waals surface area contributed by atoms with Crippen molar-refractivity contribution < 1.29 is 4.42 Å². The van der Waals surface area contributed by atoms with Crippen molar-refractivity contribution in [3.8, 4) is 11.3 Å². The van der Waals surface area contributed by atoms with E-state index in [9.17, 15) is 0 Å². The van der Waals surface area contributed by atoms with Crippen LogP contribution in [0, 0.1) is 0 Å². The van der Waals surface area contributed by atoms with Crippen LogP contribution in [0.4, 0.5) is 0 Å². The molecule has 1 fully saturated rings. The van der Waals surface area contributed by atoms with Gasteiger partial charge in [0.05, 0.1) is 11.7 Å². The maximum absolute atomic E-state index is 6.06. The molecule has 0 unspecified atom stereocenters. The highest BCUT2D eigenvalue weighted by Gasteiger charge is 2.34. The number of hydrogen-bond acceptors (Lipinski definition) is 6. The van der Waals surface area contributed by atoms with Gasteiger partial charge >= 0.3 is 0 Å². The third-order valence-corrected chi connectivity index (χ3v) is 4.86. The number of aromatic nitrogens is 2. The maximum atomic E-state index is 6.06. The fourth-order valence-electron chi connectivity index (χ4n) is 2.71. The largest absolute Gasteiger partial charge is 0.439 e. The molecule has 1 aliphatic rings. The average molecular weight is 318 g/mol. The number of nitrogens with one attached hydrogen (secondary N) is 1. The minimum atomic E-state index is -0.203. The molecule has 0 bridgehead atoms. The number of thioether (sulfide) groups is 1. The smallest absolute Gasteiger partial charge is 0.214 e. The minimum Gasteiger partial charge on any atom is -0.439 e. The van der Waals surface area contributed by atoms with Gasteiger partial charge in [-0.2, -0.15) is 0 Å². The molecule has 0 radical (unpaired) electrons. The summed E-state index contributed by atoms with van der Waals surface area (Å²) in [5, 5.41) is 3.38. The predicted molar refractivity (Wildman–Crippen MR) is 89.0 cm³/mol. The Balaban J connectivity index is 1.86. The molecule has 0 amide bonds. The molecule has 0 atom stereocenters. The van der Waals surface area contributed by atoms with Crippen molar-refractivity contribution in [2.45, 2.75) is 24.3 Å². The molecule has 0 spiro atoms. The Labute approximate surface area is 135 Å². The van der Waals surface area contributed by atoms with Gasteiger partial charge in [-0.1, -0.05) is 0 Å². The van der Waals surface area contributed by atoms with Gasteiger partial charge in [-0.05, 0) is 26.2 Å². The summed E-state index contributed by atoms with van der Waals surface area (Å²) in [7, 11) is 0. The van der Waals surface area contributed by atoms with E-state index >= 15 is 0 Å². The van der Waals surface area contributed by atoms with Crippen LogP contribution in [0.15, 0.2) is 34.0 Å². The molecule has 118 valence electrons. The lowest BCUT2D eigenvalue weighted by molar-refractivity contribution is 0.0783. The van der Waals surface area contributed by atoms with Crippen molar-refractivity contribution in [3.05, 3.63) is 30.5 Å². The summed E-state index contributed by atoms with van der Waals surface area (Å²) >= 11 is 1.67. The molecule has 1 aliphatic heterocycles. The van der Waals surface area contributed by atoms with Gasteiger partial charge in [0.1, 0.15) is 0 Å². The molecule has 6 heteroatoms. The van der Waals surface area contributed by atoms with Crippen LogP contribution in [0.5, 0.6) is 0 Å². The number of hydrogen-bond donors (Lipinski definition) is 1. The third-order valence-electron chi connectivity index (χ3n) is 4.17. The van der Waals surface area contributed by atoms with Gasteiger partial charge in [-0.25, -0.2) is 4.98 Å². The van der Waals surface area contributed by atoms with Crippen molar-refractivity contribution >= 4 is 11.8 Å². The van der Waals surface area contributed by atoms with Gasteiger partial charge in [-0.15, -0.1) is 11.8 Å². The predicted octanol–water partition coefficient (Wildman–Crippen LogP) is 2.60. The fraction of sp³-hybridized carbons (Fsp3) is 0.500. The minimum absolute atomic E-state index is 0.203. The van der Waals surface area contributed by atoms with Gasteiger partial charge in [0.15, 0.2) is 5.76 Å². The van der Waals surface area contributed by atoms with Gasteiger partial charge in [0.2, 0.25) is 5.89 Å². The highest BCUT2D eigenvalue weighted by atomic mass is 32.2. The van der Waals surface area contributed by atoms with E-state index in [0.29, 0.717) is 0 Å². The van der Waals surface area contributed by atoms with Crippen LogP contribution < -0.4 is 5.32 Å². The normalized spacial score (nSPS) is 16.9. The summed E-state index contributed by atoms with van der Waals surface area (Å²) < 4.78 is 6.06. The summed E-state index contributed by atoms with van der Waals surface area (Å²) in [4.78, 5) is 12.3. The van der Waals surface area contributed by atoms with Gasteiger partial charge in [-0.3, -0.25) is 9.88 Å². The Morgan fingerprint density at radius 1 is 1.23 bits per heavy atom. The summed E-state index contributed by atoms with van der Waals surface area (Å²) in [6, 6.07) is 2.08. The van der Waals surface area contributed by atoms with Crippen molar-refractivity contribution in [3.63, 3.8) is 0 Å². The number of nitrogens with zero attached hydrogens (tertiary/aromatic N) is 3. The maximum Gasteiger partial charge on any atom is 0.214 e. The fourth-order valence-corrected chi connectivity index (χ4v) is 3.13.